The number of nitrogens with one attached hydrogen (secondary N) is 1. The second-order valence-corrected chi connectivity index (χ2v) is 7.90. The van der Waals surface area contributed by atoms with Crippen molar-refractivity contribution in [2.24, 2.45) is 5.92 Å². The lowest BCUT2D eigenvalue weighted by Gasteiger charge is -2.25. The molecule has 27 heavy (non-hydrogen) atoms. The summed E-state index contributed by atoms with van der Waals surface area (Å²) >= 11 is 6.07. The largest absolute Gasteiger partial charge is 0.492 e. The number of ether oxygens (including phenoxy) is 1. The van der Waals surface area contributed by atoms with Gasteiger partial charge in [0.2, 0.25) is 5.91 Å². The fraction of sp³-hybridized carbons (Fsp3) is 0.409. The van der Waals surface area contributed by atoms with Crippen molar-refractivity contribution in [2.45, 2.75) is 39.4 Å². The lowest BCUT2D eigenvalue weighted by molar-refractivity contribution is -0.126. The zero-order valence-corrected chi connectivity index (χ0v) is 16.9. The number of amides is 1. The summed E-state index contributed by atoms with van der Waals surface area (Å²) in [4.78, 5) is 15.0. The highest BCUT2D eigenvalue weighted by Gasteiger charge is 2.26. The Labute approximate surface area is 166 Å². The van der Waals surface area contributed by atoms with Gasteiger partial charge in [0.15, 0.2) is 0 Å². The highest BCUT2D eigenvalue weighted by Crippen LogP contribution is 2.29. The van der Waals surface area contributed by atoms with E-state index in [0.29, 0.717) is 30.6 Å². The monoisotopic (exact) mass is 386 g/mol. The van der Waals surface area contributed by atoms with Crippen LogP contribution in [0.4, 0.5) is 0 Å². The number of carbonyl (C=O) groups excluding carboxylic acids is 1. The Bertz CT molecular complexity index is 807. The van der Waals surface area contributed by atoms with E-state index < -0.39 is 0 Å². The van der Waals surface area contributed by atoms with E-state index in [2.05, 4.69) is 43.2 Å². The van der Waals surface area contributed by atoms with E-state index >= 15 is 0 Å². The minimum Gasteiger partial charge on any atom is -0.492 e. The number of hydrogen-bond donors (Lipinski definition) is 1. The van der Waals surface area contributed by atoms with Gasteiger partial charge in [0, 0.05) is 24.2 Å². The standard InChI is InChI=1S/C22H27ClN2O2/c1-15(2)25(3)13-17-7-5-4-6-16(17)12-24-22(26)19-10-18-11-20(23)8-9-21(18)27-14-19/h4-9,11,15,19H,10,12-14H2,1-3H3,(H,24,26). The van der Waals surface area contributed by atoms with Gasteiger partial charge in [0.05, 0.1) is 5.92 Å². The minimum absolute atomic E-state index is 0.0210. The van der Waals surface area contributed by atoms with Crippen LogP contribution in [0.15, 0.2) is 42.5 Å². The van der Waals surface area contributed by atoms with Crippen LogP contribution in [0.2, 0.25) is 5.02 Å². The summed E-state index contributed by atoms with van der Waals surface area (Å²) in [5, 5.41) is 3.75. The SMILES string of the molecule is CC(C)N(C)Cc1ccccc1CNC(=O)C1COc2ccc(Cl)cc2C1. The normalized spacial score (nSPS) is 16.1. The van der Waals surface area contributed by atoms with Crippen LogP contribution < -0.4 is 10.1 Å². The minimum atomic E-state index is -0.193. The van der Waals surface area contributed by atoms with Crippen molar-refractivity contribution in [3.05, 3.63) is 64.2 Å². The number of hydrogen-bond acceptors (Lipinski definition) is 3. The molecular weight excluding hydrogens is 360 g/mol. The molecule has 1 atom stereocenters. The van der Waals surface area contributed by atoms with Crippen LogP contribution in [0.5, 0.6) is 5.75 Å². The summed E-state index contributed by atoms with van der Waals surface area (Å²) in [5.74, 6) is 0.652. The van der Waals surface area contributed by atoms with Crippen LogP contribution >= 0.6 is 11.6 Å². The number of benzene rings is 2. The highest BCUT2D eigenvalue weighted by molar-refractivity contribution is 6.30. The Hall–Kier alpha value is -2.04. The molecule has 0 saturated heterocycles. The van der Waals surface area contributed by atoms with Crippen molar-refractivity contribution in [1.82, 2.24) is 10.2 Å². The van der Waals surface area contributed by atoms with Gasteiger partial charge in [-0.05, 0) is 62.2 Å². The van der Waals surface area contributed by atoms with Crippen LogP contribution in [0, 0.1) is 5.92 Å². The van der Waals surface area contributed by atoms with Gasteiger partial charge in [0.25, 0.3) is 0 Å². The molecule has 1 N–H and O–H groups in total. The Morgan fingerprint density at radius 2 is 2.00 bits per heavy atom. The number of halogens is 1. The van der Waals surface area contributed by atoms with Crippen molar-refractivity contribution in [1.29, 1.82) is 0 Å². The highest BCUT2D eigenvalue weighted by atomic mass is 35.5. The zero-order chi connectivity index (χ0) is 19.4. The van der Waals surface area contributed by atoms with E-state index in [1.165, 1.54) is 5.56 Å². The summed E-state index contributed by atoms with van der Waals surface area (Å²) in [6.45, 7) is 6.15. The van der Waals surface area contributed by atoms with Gasteiger partial charge < -0.3 is 10.1 Å². The maximum Gasteiger partial charge on any atom is 0.227 e. The predicted octanol–water partition coefficient (Wildman–Crippen LogP) is 4.05. The van der Waals surface area contributed by atoms with Gasteiger partial charge in [-0.2, -0.15) is 0 Å². The molecule has 1 heterocycles. The molecule has 0 aliphatic carbocycles. The molecule has 0 bridgehead atoms. The molecule has 3 rings (SSSR count). The first-order valence-electron chi connectivity index (χ1n) is 9.40. The van der Waals surface area contributed by atoms with Crippen LogP contribution in [0.3, 0.4) is 0 Å². The maximum absolute atomic E-state index is 12.7. The third kappa shape index (κ3) is 5.02. The molecule has 0 fully saturated rings. The van der Waals surface area contributed by atoms with E-state index in [9.17, 15) is 4.79 Å². The number of nitrogens with zero attached hydrogens (tertiary/aromatic N) is 1. The van der Waals surface area contributed by atoms with E-state index in [4.69, 9.17) is 16.3 Å². The van der Waals surface area contributed by atoms with Gasteiger partial charge in [-0.3, -0.25) is 9.69 Å². The average molecular weight is 387 g/mol. The van der Waals surface area contributed by atoms with Crippen LogP contribution in [-0.2, 0) is 24.3 Å². The second kappa shape index (κ2) is 8.77. The molecule has 2 aromatic rings. The molecule has 0 aromatic heterocycles. The summed E-state index contributed by atoms with van der Waals surface area (Å²) in [5.41, 5.74) is 3.39. The molecule has 0 spiro atoms. The predicted molar refractivity (Wildman–Crippen MR) is 109 cm³/mol. The maximum atomic E-state index is 12.7. The molecule has 0 radical (unpaired) electrons. The first-order chi connectivity index (χ1) is 12.9. The first kappa shape index (κ1) is 19.7. The summed E-state index contributed by atoms with van der Waals surface area (Å²) < 4.78 is 5.74. The van der Waals surface area contributed by atoms with Gasteiger partial charge in [-0.25, -0.2) is 0 Å². The zero-order valence-electron chi connectivity index (χ0n) is 16.2. The van der Waals surface area contributed by atoms with Crippen LogP contribution in [0.25, 0.3) is 0 Å². The Morgan fingerprint density at radius 1 is 1.26 bits per heavy atom. The third-order valence-corrected chi connectivity index (χ3v) is 5.41. The van der Waals surface area contributed by atoms with Crippen molar-refractivity contribution in [2.75, 3.05) is 13.7 Å². The van der Waals surface area contributed by atoms with Crippen molar-refractivity contribution < 1.29 is 9.53 Å². The van der Waals surface area contributed by atoms with Gasteiger partial charge in [-0.15, -0.1) is 0 Å². The number of rotatable bonds is 6. The summed E-state index contributed by atoms with van der Waals surface area (Å²) in [6.07, 6.45) is 0.652. The lowest BCUT2D eigenvalue weighted by Crippen LogP contribution is -2.37. The molecule has 1 aliphatic rings. The number of fused-ring (bicyclic) bond motifs is 1. The Morgan fingerprint density at radius 3 is 2.74 bits per heavy atom. The van der Waals surface area contributed by atoms with E-state index in [1.807, 2.05) is 30.3 Å². The second-order valence-electron chi connectivity index (χ2n) is 7.46. The first-order valence-corrected chi connectivity index (χ1v) is 9.77. The Kier molecular flexibility index (Phi) is 6.40. The van der Waals surface area contributed by atoms with Crippen LogP contribution in [0.1, 0.15) is 30.5 Å². The quantitative estimate of drug-likeness (QED) is 0.814. The molecule has 144 valence electrons. The van der Waals surface area contributed by atoms with Crippen molar-refractivity contribution in [3.63, 3.8) is 0 Å². The number of carbonyl (C=O) groups is 1. The topological polar surface area (TPSA) is 41.6 Å². The molecule has 0 saturated carbocycles. The Balaban J connectivity index is 1.61. The van der Waals surface area contributed by atoms with Gasteiger partial charge in [0.1, 0.15) is 12.4 Å². The van der Waals surface area contributed by atoms with Crippen LogP contribution in [-0.4, -0.2) is 30.5 Å². The van der Waals surface area contributed by atoms with E-state index in [0.717, 1.165) is 23.4 Å². The van der Waals surface area contributed by atoms with Crippen molar-refractivity contribution >= 4 is 17.5 Å². The smallest absolute Gasteiger partial charge is 0.227 e. The molecular formula is C22H27ClN2O2. The summed E-state index contributed by atoms with van der Waals surface area (Å²) in [7, 11) is 2.11. The molecule has 1 amide bonds. The van der Waals surface area contributed by atoms with Crippen molar-refractivity contribution in [3.8, 4) is 5.75 Å². The fourth-order valence-corrected chi connectivity index (χ4v) is 3.39. The average Bonchev–Trinajstić information content (AvgIpc) is 2.66. The van der Waals surface area contributed by atoms with E-state index in [1.54, 1.807) is 0 Å². The lowest BCUT2D eigenvalue weighted by atomic mass is 9.96. The molecule has 4 nitrogen and oxygen atoms in total. The molecule has 2 aromatic carbocycles. The van der Waals surface area contributed by atoms with E-state index in [-0.39, 0.29) is 11.8 Å². The van der Waals surface area contributed by atoms with Gasteiger partial charge in [-0.1, -0.05) is 35.9 Å². The molecule has 1 aliphatic heterocycles. The third-order valence-electron chi connectivity index (χ3n) is 5.17. The molecule has 5 heteroatoms. The molecule has 1 unspecified atom stereocenters. The fourth-order valence-electron chi connectivity index (χ4n) is 3.19. The summed E-state index contributed by atoms with van der Waals surface area (Å²) in [6, 6.07) is 14.3. The van der Waals surface area contributed by atoms with Gasteiger partial charge >= 0.3 is 0 Å².